The third-order valence-electron chi connectivity index (χ3n) is 5.84. The van der Waals surface area contributed by atoms with Gasteiger partial charge in [-0.05, 0) is 47.5 Å². The molecular formula is C29H22ClFN2O2S. The van der Waals surface area contributed by atoms with E-state index in [1.807, 2.05) is 24.3 Å². The molecule has 0 N–H and O–H groups in total. The van der Waals surface area contributed by atoms with Gasteiger partial charge < -0.3 is 9.47 Å². The predicted octanol–water partition coefficient (Wildman–Crippen LogP) is 8.07. The minimum absolute atomic E-state index is 0.334. The number of halogens is 2. The van der Waals surface area contributed by atoms with Crippen molar-refractivity contribution >= 4 is 34.1 Å². The van der Waals surface area contributed by atoms with Gasteiger partial charge in [-0.3, -0.25) is 0 Å². The van der Waals surface area contributed by atoms with Gasteiger partial charge in [0.2, 0.25) is 5.88 Å². The summed E-state index contributed by atoms with van der Waals surface area (Å²) < 4.78 is 25.1. The zero-order chi connectivity index (χ0) is 25.1. The second-order valence-corrected chi connectivity index (χ2v) is 9.54. The van der Waals surface area contributed by atoms with E-state index in [4.69, 9.17) is 21.1 Å². The Balaban J connectivity index is 1.58. The molecule has 0 bridgehead atoms. The van der Waals surface area contributed by atoms with Crippen LogP contribution in [-0.4, -0.2) is 24.4 Å². The SMILES string of the molecule is COc1cc(-c2cccc(F)c2)c(Cl)cc1-c1nnc(OC)c2cc(SCc3ccccc3)ccc12. The third kappa shape index (κ3) is 4.87. The number of ether oxygens (including phenoxy) is 2. The van der Waals surface area contributed by atoms with Gasteiger partial charge in [0.15, 0.2) is 0 Å². The van der Waals surface area contributed by atoms with Gasteiger partial charge in [-0.25, -0.2) is 4.39 Å². The van der Waals surface area contributed by atoms with Crippen molar-refractivity contribution in [1.29, 1.82) is 0 Å². The fourth-order valence-electron chi connectivity index (χ4n) is 4.07. The van der Waals surface area contributed by atoms with E-state index < -0.39 is 0 Å². The molecule has 1 aromatic heterocycles. The van der Waals surface area contributed by atoms with E-state index >= 15 is 0 Å². The molecule has 5 rings (SSSR count). The van der Waals surface area contributed by atoms with Crippen molar-refractivity contribution in [1.82, 2.24) is 10.2 Å². The topological polar surface area (TPSA) is 44.2 Å². The number of hydrogen-bond donors (Lipinski definition) is 0. The number of aromatic nitrogens is 2. The van der Waals surface area contributed by atoms with E-state index in [0.717, 1.165) is 21.4 Å². The molecule has 7 heteroatoms. The maximum absolute atomic E-state index is 13.8. The minimum Gasteiger partial charge on any atom is -0.496 e. The molecule has 0 radical (unpaired) electrons. The summed E-state index contributed by atoms with van der Waals surface area (Å²) in [6.45, 7) is 0. The Hall–Kier alpha value is -3.61. The van der Waals surface area contributed by atoms with Gasteiger partial charge in [-0.1, -0.05) is 60.1 Å². The summed E-state index contributed by atoms with van der Waals surface area (Å²) in [4.78, 5) is 1.09. The second-order valence-electron chi connectivity index (χ2n) is 8.08. The summed E-state index contributed by atoms with van der Waals surface area (Å²) in [5.41, 5.74) is 3.89. The average molecular weight is 517 g/mol. The largest absolute Gasteiger partial charge is 0.496 e. The van der Waals surface area contributed by atoms with Crippen LogP contribution in [0.1, 0.15) is 5.56 Å². The first-order valence-electron chi connectivity index (χ1n) is 11.2. The summed E-state index contributed by atoms with van der Waals surface area (Å²) in [6.07, 6.45) is 0. The normalized spacial score (nSPS) is 11.0. The highest BCUT2D eigenvalue weighted by Crippen LogP contribution is 2.42. The van der Waals surface area contributed by atoms with Gasteiger partial charge in [-0.15, -0.1) is 22.0 Å². The lowest BCUT2D eigenvalue weighted by Crippen LogP contribution is -1.98. The molecule has 0 atom stereocenters. The van der Waals surface area contributed by atoms with Crippen molar-refractivity contribution in [3.05, 3.63) is 101 Å². The van der Waals surface area contributed by atoms with Crippen molar-refractivity contribution < 1.29 is 13.9 Å². The zero-order valence-electron chi connectivity index (χ0n) is 19.7. The van der Waals surface area contributed by atoms with Gasteiger partial charge in [0.05, 0.1) is 14.2 Å². The maximum Gasteiger partial charge on any atom is 0.241 e. The summed E-state index contributed by atoms with van der Waals surface area (Å²) in [5, 5.41) is 10.9. The number of fused-ring (bicyclic) bond motifs is 1. The van der Waals surface area contributed by atoms with Gasteiger partial charge in [0.25, 0.3) is 0 Å². The summed E-state index contributed by atoms with van der Waals surface area (Å²) >= 11 is 8.42. The van der Waals surface area contributed by atoms with E-state index in [9.17, 15) is 4.39 Å². The monoisotopic (exact) mass is 516 g/mol. The fourth-order valence-corrected chi connectivity index (χ4v) is 5.24. The van der Waals surface area contributed by atoms with E-state index in [1.165, 1.54) is 17.7 Å². The highest BCUT2D eigenvalue weighted by Gasteiger charge is 2.19. The lowest BCUT2D eigenvalue weighted by molar-refractivity contribution is 0.397. The molecule has 0 saturated carbocycles. The average Bonchev–Trinajstić information content (AvgIpc) is 2.91. The van der Waals surface area contributed by atoms with Crippen LogP contribution in [0.5, 0.6) is 11.6 Å². The molecule has 180 valence electrons. The van der Waals surface area contributed by atoms with Crippen LogP contribution < -0.4 is 9.47 Å². The van der Waals surface area contributed by atoms with Crippen molar-refractivity contribution in [3.63, 3.8) is 0 Å². The molecule has 0 unspecified atom stereocenters. The molecule has 0 spiro atoms. The first-order valence-corrected chi connectivity index (χ1v) is 12.6. The Morgan fingerprint density at radius 1 is 0.806 bits per heavy atom. The van der Waals surface area contributed by atoms with E-state index in [2.05, 4.69) is 34.5 Å². The third-order valence-corrected chi connectivity index (χ3v) is 7.22. The predicted molar refractivity (Wildman–Crippen MR) is 144 cm³/mol. The van der Waals surface area contributed by atoms with E-state index in [1.54, 1.807) is 50.2 Å². The van der Waals surface area contributed by atoms with Crippen molar-refractivity contribution in [2.45, 2.75) is 10.6 Å². The lowest BCUT2D eigenvalue weighted by Gasteiger charge is -2.15. The zero-order valence-corrected chi connectivity index (χ0v) is 21.2. The van der Waals surface area contributed by atoms with Gasteiger partial charge in [0.1, 0.15) is 17.3 Å². The van der Waals surface area contributed by atoms with Crippen molar-refractivity contribution in [2.75, 3.05) is 14.2 Å². The minimum atomic E-state index is -0.334. The van der Waals surface area contributed by atoms with Crippen molar-refractivity contribution in [2.24, 2.45) is 0 Å². The quantitative estimate of drug-likeness (QED) is 0.205. The van der Waals surface area contributed by atoms with Crippen LogP contribution in [0.3, 0.4) is 0 Å². The molecule has 0 aliphatic heterocycles. The Morgan fingerprint density at radius 3 is 2.39 bits per heavy atom. The summed E-state index contributed by atoms with van der Waals surface area (Å²) in [6, 6.07) is 26.4. The molecule has 4 aromatic carbocycles. The van der Waals surface area contributed by atoms with Crippen LogP contribution in [0.4, 0.5) is 4.39 Å². The Kier molecular flexibility index (Phi) is 7.07. The standard InChI is InChI=1S/C29H22ClFN2O2S/c1-34-27-16-23(19-9-6-10-20(31)13-19)26(30)15-25(27)28-22-12-11-21(14-24(22)29(35-2)33-32-28)36-17-18-7-4-3-5-8-18/h3-16H,17H2,1-2H3. The number of hydrogen-bond acceptors (Lipinski definition) is 5. The Labute approximate surface area is 218 Å². The van der Waals surface area contributed by atoms with Crippen LogP contribution in [0.2, 0.25) is 5.02 Å². The molecule has 5 aromatic rings. The number of nitrogens with zero attached hydrogens (tertiary/aromatic N) is 2. The number of thioether (sulfide) groups is 1. The molecule has 0 aliphatic rings. The van der Waals surface area contributed by atoms with Crippen molar-refractivity contribution in [3.8, 4) is 34.0 Å². The van der Waals surface area contributed by atoms with Crippen LogP contribution >= 0.6 is 23.4 Å². The Morgan fingerprint density at radius 2 is 1.64 bits per heavy atom. The molecule has 1 heterocycles. The maximum atomic E-state index is 13.8. The highest BCUT2D eigenvalue weighted by molar-refractivity contribution is 7.98. The summed E-state index contributed by atoms with van der Waals surface area (Å²) in [7, 11) is 3.16. The molecule has 0 saturated heterocycles. The first-order chi connectivity index (χ1) is 17.6. The molecule has 4 nitrogen and oxygen atoms in total. The Bertz CT molecular complexity index is 1550. The van der Waals surface area contributed by atoms with Crippen LogP contribution in [0.15, 0.2) is 89.8 Å². The molecule has 36 heavy (non-hydrogen) atoms. The van der Waals surface area contributed by atoms with Crippen LogP contribution in [0.25, 0.3) is 33.2 Å². The second kappa shape index (κ2) is 10.6. The lowest BCUT2D eigenvalue weighted by atomic mass is 9.99. The van der Waals surface area contributed by atoms with Gasteiger partial charge in [0, 0.05) is 37.6 Å². The highest BCUT2D eigenvalue weighted by atomic mass is 35.5. The van der Waals surface area contributed by atoms with Gasteiger partial charge >= 0.3 is 0 Å². The smallest absolute Gasteiger partial charge is 0.241 e. The van der Waals surface area contributed by atoms with Gasteiger partial charge in [-0.2, -0.15) is 0 Å². The first kappa shape index (κ1) is 24.1. The van der Waals surface area contributed by atoms with E-state index in [-0.39, 0.29) is 5.82 Å². The molecule has 0 aliphatic carbocycles. The van der Waals surface area contributed by atoms with Crippen LogP contribution in [-0.2, 0) is 5.75 Å². The number of benzene rings is 4. The fraction of sp³-hybridized carbons (Fsp3) is 0.103. The number of methoxy groups -OCH3 is 2. The molecule has 0 fully saturated rings. The molecule has 0 amide bonds. The summed E-state index contributed by atoms with van der Waals surface area (Å²) in [5.74, 6) is 1.52. The number of rotatable bonds is 7. The van der Waals surface area contributed by atoms with E-state index in [0.29, 0.717) is 39.0 Å². The van der Waals surface area contributed by atoms with Crippen LogP contribution in [0, 0.1) is 5.82 Å². The molecular weight excluding hydrogens is 495 g/mol.